The van der Waals surface area contributed by atoms with Crippen LogP contribution in [-0.2, 0) is 6.61 Å². The van der Waals surface area contributed by atoms with Crippen molar-refractivity contribution >= 4 is 0 Å². The summed E-state index contributed by atoms with van der Waals surface area (Å²) in [4.78, 5) is 11.2. The summed E-state index contributed by atoms with van der Waals surface area (Å²) in [6.07, 6.45) is 2.71. The van der Waals surface area contributed by atoms with Crippen LogP contribution in [0.5, 0.6) is 5.75 Å². The monoisotopic (exact) mass is 182 g/mol. The minimum absolute atomic E-state index is 0.122. The molecule has 0 saturated carbocycles. The first-order valence-electron chi connectivity index (χ1n) is 3.74. The van der Waals surface area contributed by atoms with Crippen molar-refractivity contribution in [2.45, 2.75) is 6.61 Å². The Balaban J connectivity index is 2.85. The Kier molecular flexibility index (Phi) is 3.28. The number of hydrogen-bond donors (Lipinski definition) is 1. The summed E-state index contributed by atoms with van der Waals surface area (Å²) in [7, 11) is 0. The van der Waals surface area contributed by atoms with Gasteiger partial charge < -0.3 is 14.3 Å². The number of aliphatic hydroxyl groups is 1. The Bertz CT molecular complexity index is 340. The largest absolute Gasteiger partial charge is 0.482 e. The van der Waals surface area contributed by atoms with E-state index < -0.39 is 0 Å². The molecule has 0 radical (unpaired) electrons. The topological polar surface area (TPSA) is 59.7 Å². The van der Waals surface area contributed by atoms with Crippen molar-refractivity contribution in [3.05, 3.63) is 41.0 Å². The standard InChI is InChI=1S/C9H10O4/c1-2-3-12-9-6-13-7(5-10)4-8(9)11/h2,4,6,10H,1,3,5H2. The fraction of sp³-hybridized carbons (Fsp3) is 0.222. The van der Waals surface area contributed by atoms with Crippen LogP contribution in [0.3, 0.4) is 0 Å². The van der Waals surface area contributed by atoms with Crippen molar-refractivity contribution in [1.82, 2.24) is 0 Å². The minimum atomic E-state index is -0.308. The number of hydrogen-bond acceptors (Lipinski definition) is 4. The van der Waals surface area contributed by atoms with Crippen molar-refractivity contribution in [3.63, 3.8) is 0 Å². The van der Waals surface area contributed by atoms with Crippen molar-refractivity contribution in [2.24, 2.45) is 0 Å². The Morgan fingerprint density at radius 3 is 3.00 bits per heavy atom. The van der Waals surface area contributed by atoms with E-state index in [2.05, 4.69) is 6.58 Å². The van der Waals surface area contributed by atoms with Crippen LogP contribution in [0.15, 0.2) is 34.2 Å². The molecule has 0 aliphatic carbocycles. The molecule has 0 bridgehead atoms. The van der Waals surface area contributed by atoms with Crippen molar-refractivity contribution in [1.29, 1.82) is 0 Å². The van der Waals surface area contributed by atoms with Crippen LogP contribution in [0.25, 0.3) is 0 Å². The third-order valence-corrected chi connectivity index (χ3v) is 1.36. The van der Waals surface area contributed by atoms with Gasteiger partial charge in [0.1, 0.15) is 25.2 Å². The van der Waals surface area contributed by atoms with Gasteiger partial charge in [0.05, 0.1) is 0 Å². The second-order valence-corrected chi connectivity index (χ2v) is 2.33. The summed E-state index contributed by atoms with van der Waals surface area (Å²) in [5, 5.41) is 8.64. The number of ether oxygens (including phenoxy) is 1. The highest BCUT2D eigenvalue weighted by Crippen LogP contribution is 2.05. The lowest BCUT2D eigenvalue weighted by Gasteiger charge is -2.01. The highest BCUT2D eigenvalue weighted by atomic mass is 16.5. The number of aliphatic hydroxyl groups excluding tert-OH is 1. The molecule has 0 atom stereocenters. The predicted octanol–water partition coefficient (Wildman–Crippen LogP) is 0.697. The SMILES string of the molecule is C=CCOc1coc(CO)cc1=O. The molecule has 0 saturated heterocycles. The van der Waals surface area contributed by atoms with Crippen LogP contribution in [0.1, 0.15) is 5.76 Å². The zero-order chi connectivity index (χ0) is 9.68. The van der Waals surface area contributed by atoms with Crippen LogP contribution < -0.4 is 10.2 Å². The van der Waals surface area contributed by atoms with Gasteiger partial charge in [-0.05, 0) is 0 Å². The molecule has 4 nitrogen and oxygen atoms in total. The zero-order valence-corrected chi connectivity index (χ0v) is 7.03. The lowest BCUT2D eigenvalue weighted by molar-refractivity contribution is 0.239. The van der Waals surface area contributed by atoms with Crippen molar-refractivity contribution in [2.75, 3.05) is 6.61 Å². The molecule has 1 aromatic heterocycles. The molecule has 1 heterocycles. The second kappa shape index (κ2) is 4.47. The zero-order valence-electron chi connectivity index (χ0n) is 7.03. The van der Waals surface area contributed by atoms with E-state index in [1.807, 2.05) is 0 Å². The van der Waals surface area contributed by atoms with Crippen LogP contribution >= 0.6 is 0 Å². The first-order valence-corrected chi connectivity index (χ1v) is 3.74. The fourth-order valence-electron chi connectivity index (χ4n) is 0.775. The van der Waals surface area contributed by atoms with E-state index in [4.69, 9.17) is 14.3 Å². The predicted molar refractivity (Wildman–Crippen MR) is 46.6 cm³/mol. The van der Waals surface area contributed by atoms with E-state index in [-0.39, 0.29) is 30.2 Å². The summed E-state index contributed by atoms with van der Waals surface area (Å²) in [5.41, 5.74) is -0.308. The minimum Gasteiger partial charge on any atom is -0.482 e. The maximum Gasteiger partial charge on any atom is 0.227 e. The van der Waals surface area contributed by atoms with Gasteiger partial charge in [0, 0.05) is 6.07 Å². The molecule has 1 rings (SSSR count). The Labute approximate surface area is 75.1 Å². The Hall–Kier alpha value is -1.55. The summed E-state index contributed by atoms with van der Waals surface area (Å²) in [6.45, 7) is 3.40. The van der Waals surface area contributed by atoms with Gasteiger partial charge in [0.15, 0.2) is 0 Å². The highest BCUT2D eigenvalue weighted by Gasteiger charge is 2.02. The second-order valence-electron chi connectivity index (χ2n) is 2.33. The van der Waals surface area contributed by atoms with Gasteiger partial charge >= 0.3 is 0 Å². The first-order chi connectivity index (χ1) is 6.27. The van der Waals surface area contributed by atoms with Gasteiger partial charge in [-0.1, -0.05) is 12.7 Å². The van der Waals surface area contributed by atoms with Gasteiger partial charge in [-0.25, -0.2) is 0 Å². The molecule has 0 fully saturated rings. The highest BCUT2D eigenvalue weighted by molar-refractivity contribution is 5.17. The molecule has 4 heteroatoms. The summed E-state index contributed by atoms with van der Waals surface area (Å²) in [6, 6.07) is 1.19. The molecule has 0 unspecified atom stereocenters. The lowest BCUT2D eigenvalue weighted by Crippen LogP contribution is -2.07. The van der Waals surface area contributed by atoms with Crippen LogP contribution in [0, 0.1) is 0 Å². The van der Waals surface area contributed by atoms with Crippen LogP contribution in [0.4, 0.5) is 0 Å². The third kappa shape index (κ3) is 2.45. The molecular weight excluding hydrogens is 172 g/mol. The van der Waals surface area contributed by atoms with Crippen LogP contribution in [-0.4, -0.2) is 11.7 Å². The molecule has 13 heavy (non-hydrogen) atoms. The van der Waals surface area contributed by atoms with E-state index in [0.29, 0.717) is 0 Å². The molecule has 1 aromatic rings. The Morgan fingerprint density at radius 1 is 1.69 bits per heavy atom. The van der Waals surface area contributed by atoms with Gasteiger partial charge in [-0.3, -0.25) is 4.79 Å². The van der Waals surface area contributed by atoms with E-state index in [9.17, 15) is 4.79 Å². The average Bonchev–Trinajstić information content (AvgIpc) is 2.16. The molecule has 0 aliphatic heterocycles. The molecule has 70 valence electrons. The van der Waals surface area contributed by atoms with Gasteiger partial charge in [-0.15, -0.1) is 0 Å². The van der Waals surface area contributed by atoms with E-state index in [1.54, 1.807) is 0 Å². The first kappa shape index (κ1) is 9.54. The number of rotatable bonds is 4. The van der Waals surface area contributed by atoms with Crippen LogP contribution in [0.2, 0.25) is 0 Å². The molecule has 0 aliphatic rings. The smallest absolute Gasteiger partial charge is 0.227 e. The quantitative estimate of drug-likeness (QED) is 0.696. The van der Waals surface area contributed by atoms with Crippen molar-refractivity contribution < 1.29 is 14.3 Å². The molecule has 0 amide bonds. The molecule has 0 spiro atoms. The maximum absolute atomic E-state index is 11.2. The summed E-state index contributed by atoms with van der Waals surface area (Å²) >= 11 is 0. The summed E-state index contributed by atoms with van der Waals surface area (Å²) < 4.78 is 9.86. The third-order valence-electron chi connectivity index (χ3n) is 1.36. The van der Waals surface area contributed by atoms with E-state index >= 15 is 0 Å². The van der Waals surface area contributed by atoms with E-state index in [0.717, 1.165) is 0 Å². The molecular formula is C9H10O4. The normalized spacial score (nSPS) is 9.62. The molecule has 1 N–H and O–H groups in total. The van der Waals surface area contributed by atoms with E-state index in [1.165, 1.54) is 18.4 Å². The van der Waals surface area contributed by atoms with Crippen molar-refractivity contribution in [3.8, 4) is 5.75 Å². The van der Waals surface area contributed by atoms with Gasteiger partial charge in [0.2, 0.25) is 11.2 Å². The lowest BCUT2D eigenvalue weighted by atomic mass is 10.4. The fourth-order valence-corrected chi connectivity index (χ4v) is 0.775. The maximum atomic E-state index is 11.2. The molecule has 0 aromatic carbocycles. The van der Waals surface area contributed by atoms with Gasteiger partial charge in [-0.2, -0.15) is 0 Å². The average molecular weight is 182 g/mol. The van der Waals surface area contributed by atoms with Gasteiger partial charge in [0.25, 0.3) is 0 Å². The Morgan fingerprint density at radius 2 is 2.46 bits per heavy atom. The summed E-state index contributed by atoms with van der Waals surface area (Å²) in [5.74, 6) is 0.341.